The van der Waals surface area contributed by atoms with Crippen LogP contribution >= 0.6 is 0 Å². The predicted molar refractivity (Wildman–Crippen MR) is 76.4 cm³/mol. The van der Waals surface area contributed by atoms with Crippen molar-refractivity contribution >= 4 is 11.4 Å². The fraction of sp³-hybridized carbons (Fsp3) is 0.250. The van der Waals surface area contributed by atoms with E-state index in [0.717, 1.165) is 19.5 Å². The average Bonchev–Trinajstić information content (AvgIpc) is 2.47. The Bertz CT molecular complexity index is 534. The molecule has 2 nitrogen and oxygen atoms in total. The summed E-state index contributed by atoms with van der Waals surface area (Å²) in [5.41, 5.74) is 5.39. The van der Waals surface area contributed by atoms with Gasteiger partial charge in [-0.05, 0) is 48.4 Å². The highest BCUT2D eigenvalue weighted by Crippen LogP contribution is 2.26. The Balaban J connectivity index is 1.93. The van der Waals surface area contributed by atoms with E-state index in [1.165, 1.54) is 22.5 Å². The molecule has 1 aliphatic rings. The first-order chi connectivity index (χ1) is 8.84. The number of para-hydroxylation sites is 1. The van der Waals surface area contributed by atoms with Gasteiger partial charge in [-0.15, -0.1) is 0 Å². The van der Waals surface area contributed by atoms with Gasteiger partial charge in [0, 0.05) is 25.0 Å². The molecule has 0 aliphatic carbocycles. The van der Waals surface area contributed by atoms with Crippen molar-refractivity contribution in [2.24, 2.45) is 0 Å². The highest BCUT2D eigenvalue weighted by atomic mass is 15.1. The number of nitrogens with one attached hydrogen (secondary N) is 1. The largest absolute Gasteiger partial charge is 0.345 e. The minimum atomic E-state index is 0.992. The lowest BCUT2D eigenvalue weighted by atomic mass is 10.00. The first-order valence-corrected chi connectivity index (χ1v) is 6.46. The molecule has 1 N–H and O–H groups in total. The molecule has 92 valence electrons. The molecule has 0 saturated carbocycles. The monoisotopic (exact) mass is 238 g/mol. The molecule has 0 amide bonds. The second kappa shape index (κ2) is 4.83. The third-order valence-electron chi connectivity index (χ3n) is 3.61. The Morgan fingerprint density at radius 2 is 1.78 bits per heavy atom. The highest BCUT2D eigenvalue weighted by Gasteiger charge is 2.11. The number of fused-ring (bicyclic) bond motifs is 1. The van der Waals surface area contributed by atoms with Crippen molar-refractivity contribution in [1.82, 2.24) is 5.32 Å². The summed E-state index contributed by atoms with van der Waals surface area (Å²) >= 11 is 0. The molecule has 3 rings (SSSR count). The number of benzene rings is 2. The van der Waals surface area contributed by atoms with Crippen LogP contribution in [0, 0.1) is 0 Å². The summed E-state index contributed by atoms with van der Waals surface area (Å²) < 4.78 is 0. The first kappa shape index (κ1) is 11.3. The molecule has 0 atom stereocenters. The summed E-state index contributed by atoms with van der Waals surface area (Å²) in [5, 5.41) is 3.43. The van der Waals surface area contributed by atoms with Gasteiger partial charge < -0.3 is 10.2 Å². The summed E-state index contributed by atoms with van der Waals surface area (Å²) in [6.07, 6.45) is 1.14. The van der Waals surface area contributed by atoms with Crippen molar-refractivity contribution in [3.8, 4) is 0 Å². The van der Waals surface area contributed by atoms with E-state index < -0.39 is 0 Å². The molecule has 2 aromatic carbocycles. The lowest BCUT2D eigenvalue weighted by Crippen LogP contribution is -2.24. The smallest absolute Gasteiger partial charge is 0.0411 e. The minimum absolute atomic E-state index is 0.992. The summed E-state index contributed by atoms with van der Waals surface area (Å²) in [6.45, 7) is 2.09. The van der Waals surface area contributed by atoms with Crippen molar-refractivity contribution in [3.63, 3.8) is 0 Å². The minimum Gasteiger partial charge on any atom is -0.345 e. The van der Waals surface area contributed by atoms with Crippen LogP contribution in [0.1, 0.15) is 11.1 Å². The second-order valence-electron chi connectivity index (χ2n) is 4.77. The first-order valence-electron chi connectivity index (χ1n) is 6.46. The van der Waals surface area contributed by atoms with Gasteiger partial charge in [-0.1, -0.05) is 24.3 Å². The molecule has 0 saturated heterocycles. The third kappa shape index (κ3) is 2.12. The normalized spacial score (nSPS) is 14.1. The van der Waals surface area contributed by atoms with Crippen LogP contribution in [-0.2, 0) is 13.0 Å². The molecule has 0 unspecified atom stereocenters. The van der Waals surface area contributed by atoms with Crippen LogP contribution in [0.4, 0.5) is 11.4 Å². The van der Waals surface area contributed by atoms with Gasteiger partial charge in [-0.25, -0.2) is 0 Å². The van der Waals surface area contributed by atoms with Gasteiger partial charge >= 0.3 is 0 Å². The van der Waals surface area contributed by atoms with Crippen LogP contribution in [0.15, 0.2) is 48.5 Å². The standard InChI is InChI=1S/C16H18N2/c1-18(15-5-3-2-4-6-15)16-8-7-13-9-10-17-12-14(13)11-16/h2-8,11,17H,9-10,12H2,1H3. The maximum absolute atomic E-state index is 3.43. The molecule has 2 heteroatoms. The van der Waals surface area contributed by atoms with Crippen molar-refractivity contribution in [2.45, 2.75) is 13.0 Å². The summed E-state index contributed by atoms with van der Waals surface area (Å²) in [7, 11) is 2.12. The molecule has 0 radical (unpaired) electrons. The summed E-state index contributed by atoms with van der Waals surface area (Å²) in [4.78, 5) is 2.23. The topological polar surface area (TPSA) is 15.3 Å². The number of hydrogen-bond donors (Lipinski definition) is 1. The van der Waals surface area contributed by atoms with Crippen LogP contribution in [-0.4, -0.2) is 13.6 Å². The maximum atomic E-state index is 3.43. The van der Waals surface area contributed by atoms with E-state index in [1.807, 2.05) is 6.07 Å². The van der Waals surface area contributed by atoms with Gasteiger partial charge in [0.25, 0.3) is 0 Å². The van der Waals surface area contributed by atoms with E-state index >= 15 is 0 Å². The summed E-state index contributed by atoms with van der Waals surface area (Å²) in [6, 6.07) is 17.3. The van der Waals surface area contributed by atoms with Crippen molar-refractivity contribution in [2.75, 3.05) is 18.5 Å². The van der Waals surface area contributed by atoms with E-state index in [2.05, 4.69) is 59.7 Å². The quantitative estimate of drug-likeness (QED) is 0.865. The van der Waals surface area contributed by atoms with Gasteiger partial charge in [-0.2, -0.15) is 0 Å². The molecule has 0 fully saturated rings. The van der Waals surface area contributed by atoms with Crippen LogP contribution in [0.2, 0.25) is 0 Å². The van der Waals surface area contributed by atoms with Gasteiger partial charge in [-0.3, -0.25) is 0 Å². The van der Waals surface area contributed by atoms with Gasteiger partial charge in [0.15, 0.2) is 0 Å². The number of hydrogen-bond acceptors (Lipinski definition) is 2. The highest BCUT2D eigenvalue weighted by molar-refractivity contribution is 5.63. The van der Waals surface area contributed by atoms with Crippen LogP contribution < -0.4 is 10.2 Å². The van der Waals surface area contributed by atoms with E-state index in [1.54, 1.807) is 0 Å². The molecule has 18 heavy (non-hydrogen) atoms. The number of rotatable bonds is 2. The van der Waals surface area contributed by atoms with Gasteiger partial charge in [0.05, 0.1) is 0 Å². The van der Waals surface area contributed by atoms with E-state index in [0.29, 0.717) is 0 Å². The molecule has 0 spiro atoms. The van der Waals surface area contributed by atoms with Crippen LogP contribution in [0.25, 0.3) is 0 Å². The molecule has 1 heterocycles. The van der Waals surface area contributed by atoms with E-state index in [9.17, 15) is 0 Å². The Morgan fingerprint density at radius 3 is 2.61 bits per heavy atom. The molecular weight excluding hydrogens is 220 g/mol. The van der Waals surface area contributed by atoms with E-state index in [4.69, 9.17) is 0 Å². The summed E-state index contributed by atoms with van der Waals surface area (Å²) in [5.74, 6) is 0. The lowest BCUT2D eigenvalue weighted by molar-refractivity contribution is 0.644. The third-order valence-corrected chi connectivity index (χ3v) is 3.61. The maximum Gasteiger partial charge on any atom is 0.0411 e. The Labute approximate surface area is 108 Å². The fourth-order valence-electron chi connectivity index (χ4n) is 2.48. The second-order valence-corrected chi connectivity index (χ2v) is 4.77. The predicted octanol–water partition coefficient (Wildman–Crippen LogP) is 3.10. The Morgan fingerprint density at radius 1 is 0.944 bits per heavy atom. The molecule has 0 aromatic heterocycles. The van der Waals surface area contributed by atoms with Crippen molar-refractivity contribution in [3.05, 3.63) is 59.7 Å². The zero-order valence-electron chi connectivity index (χ0n) is 10.7. The SMILES string of the molecule is CN(c1ccccc1)c1ccc2c(c1)CNCC2. The molecular formula is C16H18N2. The van der Waals surface area contributed by atoms with Gasteiger partial charge in [0.2, 0.25) is 0 Å². The van der Waals surface area contributed by atoms with Gasteiger partial charge in [0.1, 0.15) is 0 Å². The van der Waals surface area contributed by atoms with Crippen LogP contribution in [0.5, 0.6) is 0 Å². The zero-order valence-corrected chi connectivity index (χ0v) is 10.7. The zero-order chi connectivity index (χ0) is 12.4. The molecule has 2 aromatic rings. The molecule has 0 bridgehead atoms. The Hall–Kier alpha value is -1.80. The number of nitrogens with zero attached hydrogens (tertiary/aromatic N) is 1. The van der Waals surface area contributed by atoms with Crippen LogP contribution in [0.3, 0.4) is 0 Å². The van der Waals surface area contributed by atoms with E-state index in [-0.39, 0.29) is 0 Å². The van der Waals surface area contributed by atoms with Crippen molar-refractivity contribution < 1.29 is 0 Å². The Kier molecular flexibility index (Phi) is 3.03. The van der Waals surface area contributed by atoms with Crippen molar-refractivity contribution in [1.29, 1.82) is 0 Å². The molecule has 1 aliphatic heterocycles. The average molecular weight is 238 g/mol. The fourth-order valence-corrected chi connectivity index (χ4v) is 2.48. The lowest BCUT2D eigenvalue weighted by Gasteiger charge is -2.23. The number of anilines is 2.